The molecule has 0 aliphatic carbocycles. The van der Waals surface area contributed by atoms with Crippen LogP contribution in [0.4, 0.5) is 8.78 Å². The summed E-state index contributed by atoms with van der Waals surface area (Å²) < 4.78 is 27.1. The van der Waals surface area contributed by atoms with Gasteiger partial charge in [-0.2, -0.15) is 0 Å². The van der Waals surface area contributed by atoms with Gasteiger partial charge in [0, 0.05) is 37.8 Å². The van der Waals surface area contributed by atoms with Crippen molar-refractivity contribution in [3.63, 3.8) is 0 Å². The van der Waals surface area contributed by atoms with Crippen molar-refractivity contribution in [1.82, 2.24) is 9.80 Å². The molecule has 132 valence electrons. The van der Waals surface area contributed by atoms with Crippen molar-refractivity contribution in [2.75, 3.05) is 32.7 Å². The quantitative estimate of drug-likeness (QED) is 0.929. The molecular weight excluding hydrogens is 326 g/mol. The van der Waals surface area contributed by atoms with E-state index in [2.05, 4.69) is 11.8 Å². The molecule has 1 aliphatic heterocycles. The number of piperazine rings is 1. The van der Waals surface area contributed by atoms with E-state index in [1.807, 2.05) is 0 Å². The zero-order valence-electron chi connectivity index (χ0n) is 14.0. The number of aromatic hydroxyl groups is 1. The molecule has 25 heavy (non-hydrogen) atoms. The second kappa shape index (κ2) is 7.19. The highest BCUT2D eigenvalue weighted by Crippen LogP contribution is 2.29. The average Bonchev–Trinajstić information content (AvgIpc) is 2.62. The van der Waals surface area contributed by atoms with Crippen LogP contribution in [0.15, 0.2) is 36.4 Å². The third-order valence-corrected chi connectivity index (χ3v) is 4.58. The minimum Gasteiger partial charge on any atom is -0.507 e. The number of phenols is 1. The number of carbonyl (C=O) groups excluding carboxylic acids is 1. The maximum Gasteiger partial charge on any atom is 0.257 e. The number of carbonyl (C=O) groups is 1. The van der Waals surface area contributed by atoms with Crippen LogP contribution in [-0.2, 0) is 0 Å². The summed E-state index contributed by atoms with van der Waals surface area (Å²) >= 11 is 0. The van der Waals surface area contributed by atoms with E-state index in [9.17, 15) is 18.7 Å². The highest BCUT2D eigenvalue weighted by atomic mass is 19.1. The van der Waals surface area contributed by atoms with E-state index in [4.69, 9.17) is 0 Å². The highest BCUT2D eigenvalue weighted by Gasteiger charge is 2.24. The molecule has 0 saturated carbocycles. The van der Waals surface area contributed by atoms with Gasteiger partial charge in [-0.25, -0.2) is 8.78 Å². The topological polar surface area (TPSA) is 43.8 Å². The predicted molar refractivity (Wildman–Crippen MR) is 91.5 cm³/mol. The van der Waals surface area contributed by atoms with Crippen LogP contribution in [0.2, 0.25) is 0 Å². The fourth-order valence-corrected chi connectivity index (χ4v) is 3.04. The van der Waals surface area contributed by atoms with Gasteiger partial charge in [-0.3, -0.25) is 4.79 Å². The first kappa shape index (κ1) is 17.4. The number of phenolic OH excluding ortho intramolecular Hbond substituents is 1. The lowest BCUT2D eigenvalue weighted by Crippen LogP contribution is -2.48. The number of nitrogens with zero attached hydrogens (tertiary/aromatic N) is 2. The van der Waals surface area contributed by atoms with Crippen LogP contribution in [0.5, 0.6) is 5.75 Å². The van der Waals surface area contributed by atoms with Crippen LogP contribution in [-0.4, -0.2) is 53.5 Å². The van der Waals surface area contributed by atoms with E-state index in [1.165, 1.54) is 24.3 Å². The second-order valence-corrected chi connectivity index (χ2v) is 6.08. The predicted octanol–water partition coefficient (Wildman–Crippen LogP) is 3.12. The molecule has 0 unspecified atom stereocenters. The van der Waals surface area contributed by atoms with Crippen molar-refractivity contribution >= 4 is 5.91 Å². The molecule has 3 rings (SSSR count). The molecule has 2 aromatic rings. The Morgan fingerprint density at radius 3 is 2.44 bits per heavy atom. The van der Waals surface area contributed by atoms with Crippen LogP contribution in [0, 0.1) is 11.6 Å². The molecule has 1 saturated heterocycles. The van der Waals surface area contributed by atoms with Gasteiger partial charge in [0.2, 0.25) is 0 Å². The summed E-state index contributed by atoms with van der Waals surface area (Å²) in [6, 6.07) is 7.63. The largest absolute Gasteiger partial charge is 0.507 e. The Morgan fingerprint density at radius 1 is 1.08 bits per heavy atom. The van der Waals surface area contributed by atoms with Gasteiger partial charge < -0.3 is 14.9 Å². The lowest BCUT2D eigenvalue weighted by Gasteiger charge is -2.34. The molecule has 6 heteroatoms. The van der Waals surface area contributed by atoms with E-state index < -0.39 is 11.6 Å². The molecule has 1 aliphatic rings. The van der Waals surface area contributed by atoms with Gasteiger partial charge in [-0.15, -0.1) is 0 Å². The Balaban J connectivity index is 1.88. The van der Waals surface area contributed by atoms with Gasteiger partial charge in [0.15, 0.2) is 0 Å². The normalized spacial score (nSPS) is 15.4. The average molecular weight is 346 g/mol. The van der Waals surface area contributed by atoms with Crippen molar-refractivity contribution in [2.45, 2.75) is 6.92 Å². The third-order valence-electron chi connectivity index (χ3n) is 4.58. The van der Waals surface area contributed by atoms with Crippen LogP contribution in [0.25, 0.3) is 11.1 Å². The number of rotatable bonds is 3. The Morgan fingerprint density at radius 2 is 1.80 bits per heavy atom. The summed E-state index contributed by atoms with van der Waals surface area (Å²) in [6.45, 7) is 5.75. The Hall–Kier alpha value is -2.47. The maximum atomic E-state index is 14.0. The van der Waals surface area contributed by atoms with Crippen LogP contribution < -0.4 is 0 Å². The minimum absolute atomic E-state index is 0.131. The molecule has 4 nitrogen and oxygen atoms in total. The van der Waals surface area contributed by atoms with Crippen LogP contribution in [0.3, 0.4) is 0 Å². The lowest BCUT2D eigenvalue weighted by atomic mass is 10.0. The van der Waals surface area contributed by atoms with Gasteiger partial charge >= 0.3 is 0 Å². The van der Waals surface area contributed by atoms with E-state index in [-0.39, 0.29) is 22.8 Å². The number of likely N-dealkylation sites (N-methyl/N-ethyl adjacent to an activating group) is 1. The summed E-state index contributed by atoms with van der Waals surface area (Å²) in [7, 11) is 0. The zero-order chi connectivity index (χ0) is 18.0. The monoisotopic (exact) mass is 346 g/mol. The first-order valence-electron chi connectivity index (χ1n) is 8.29. The zero-order valence-corrected chi connectivity index (χ0v) is 14.0. The molecule has 1 N–H and O–H groups in total. The van der Waals surface area contributed by atoms with Gasteiger partial charge in [0.1, 0.15) is 17.4 Å². The molecule has 0 spiro atoms. The first-order chi connectivity index (χ1) is 12.0. The fraction of sp³-hybridized carbons (Fsp3) is 0.316. The molecule has 0 atom stereocenters. The standard InChI is InChI=1S/C19H20F2N2O2/c1-2-22-7-9-23(10-8-22)19(25)16-11-13(3-6-18(16)24)15-5-4-14(20)12-17(15)21/h3-6,11-12,24H,2,7-10H2,1H3. The number of benzene rings is 2. The van der Waals surface area contributed by atoms with E-state index in [1.54, 1.807) is 4.90 Å². The second-order valence-electron chi connectivity index (χ2n) is 6.08. The molecule has 0 radical (unpaired) electrons. The highest BCUT2D eigenvalue weighted by molar-refractivity contribution is 5.98. The van der Waals surface area contributed by atoms with E-state index >= 15 is 0 Å². The van der Waals surface area contributed by atoms with Crippen molar-refractivity contribution in [2.24, 2.45) is 0 Å². The molecule has 0 bridgehead atoms. The van der Waals surface area contributed by atoms with Gasteiger partial charge in [-0.1, -0.05) is 13.0 Å². The fourth-order valence-electron chi connectivity index (χ4n) is 3.04. The minimum atomic E-state index is -0.708. The van der Waals surface area contributed by atoms with Crippen molar-refractivity contribution in [1.29, 1.82) is 0 Å². The molecular formula is C19H20F2N2O2. The summed E-state index contributed by atoms with van der Waals surface area (Å²) in [5.41, 5.74) is 0.739. The summed E-state index contributed by atoms with van der Waals surface area (Å²) in [5, 5.41) is 10.1. The number of hydrogen-bond donors (Lipinski definition) is 1. The Bertz CT molecular complexity index is 787. The van der Waals surface area contributed by atoms with E-state index in [0.29, 0.717) is 18.7 Å². The maximum absolute atomic E-state index is 14.0. The third kappa shape index (κ3) is 3.64. The lowest BCUT2D eigenvalue weighted by molar-refractivity contribution is 0.0640. The molecule has 1 amide bonds. The number of halogens is 2. The first-order valence-corrected chi connectivity index (χ1v) is 8.29. The van der Waals surface area contributed by atoms with Gasteiger partial charge in [0.05, 0.1) is 5.56 Å². The Kier molecular flexibility index (Phi) is 4.99. The molecule has 1 heterocycles. The summed E-state index contributed by atoms with van der Waals surface area (Å²) in [4.78, 5) is 16.7. The SMILES string of the molecule is CCN1CCN(C(=O)c2cc(-c3ccc(F)cc3F)ccc2O)CC1. The summed E-state index contributed by atoms with van der Waals surface area (Å²) in [6.07, 6.45) is 0. The molecule has 1 fully saturated rings. The van der Waals surface area contributed by atoms with Crippen molar-refractivity contribution in [3.05, 3.63) is 53.6 Å². The smallest absolute Gasteiger partial charge is 0.257 e. The molecule has 0 aromatic heterocycles. The van der Waals surface area contributed by atoms with Gasteiger partial charge in [0.25, 0.3) is 5.91 Å². The molecule has 2 aromatic carbocycles. The van der Waals surface area contributed by atoms with Crippen LogP contribution >= 0.6 is 0 Å². The van der Waals surface area contributed by atoms with Crippen molar-refractivity contribution < 1.29 is 18.7 Å². The van der Waals surface area contributed by atoms with Crippen molar-refractivity contribution in [3.8, 4) is 16.9 Å². The van der Waals surface area contributed by atoms with E-state index in [0.717, 1.165) is 31.8 Å². The summed E-state index contributed by atoms with van der Waals surface area (Å²) in [5.74, 6) is -1.79. The Labute approximate surface area is 145 Å². The van der Waals surface area contributed by atoms with Crippen LogP contribution in [0.1, 0.15) is 17.3 Å². The number of amides is 1. The van der Waals surface area contributed by atoms with Gasteiger partial charge in [-0.05, 0) is 36.4 Å². The number of hydrogen-bond acceptors (Lipinski definition) is 3.